The van der Waals surface area contributed by atoms with Crippen molar-refractivity contribution in [3.63, 3.8) is 0 Å². The molecule has 0 spiro atoms. The predicted molar refractivity (Wildman–Crippen MR) is 264 cm³/mol. The maximum atomic E-state index is 14.5. The highest BCUT2D eigenvalue weighted by molar-refractivity contribution is 6.11. The van der Waals surface area contributed by atoms with E-state index in [1.807, 2.05) is 146 Å². The third-order valence-corrected chi connectivity index (χ3v) is 11.4. The summed E-state index contributed by atoms with van der Waals surface area (Å²) >= 11 is 0. The monoisotopic (exact) mass is 894 g/mol. The number of nitrogens with zero attached hydrogens (tertiary/aromatic N) is 6. The van der Waals surface area contributed by atoms with Crippen LogP contribution >= 0.6 is 0 Å². The second-order valence-corrected chi connectivity index (χ2v) is 16.1. The molecule has 2 heterocycles. The predicted octanol–water partition coefficient (Wildman–Crippen LogP) is 11.2. The largest absolute Gasteiger partial charge is 0.285 e. The van der Waals surface area contributed by atoms with Crippen molar-refractivity contribution in [3.8, 4) is 44.5 Å². The second kappa shape index (κ2) is 19.5. The molecular weight excluding hydrogens is 857 g/mol. The van der Waals surface area contributed by atoms with Gasteiger partial charge in [-0.3, -0.25) is 19.2 Å². The van der Waals surface area contributed by atoms with Crippen molar-refractivity contribution in [2.75, 3.05) is 0 Å². The van der Waals surface area contributed by atoms with Crippen LogP contribution in [0.1, 0.15) is 76.4 Å². The Morgan fingerprint density at radius 1 is 0.246 bits per heavy atom. The molecule has 10 rings (SSSR count). The average Bonchev–Trinajstić information content (AvgIpc) is 3.43. The normalized spacial score (nSPS) is 10.9. The molecule has 0 atom stereocenters. The van der Waals surface area contributed by atoms with Crippen LogP contribution in [0.4, 0.5) is 0 Å². The Hall–Kier alpha value is -9.54. The van der Waals surface area contributed by atoms with E-state index in [2.05, 4.69) is 29.9 Å². The molecule has 2 aromatic heterocycles. The Morgan fingerprint density at radius 2 is 0.464 bits per heavy atom. The van der Waals surface area contributed by atoms with E-state index in [1.54, 1.807) is 72.8 Å². The number of aromatic nitrogens is 6. The van der Waals surface area contributed by atoms with E-state index in [0.29, 0.717) is 0 Å². The Kier molecular flexibility index (Phi) is 12.3. The molecule has 0 N–H and O–H groups in total. The molecule has 0 saturated heterocycles. The van der Waals surface area contributed by atoms with Crippen LogP contribution in [-0.2, 0) is 6.42 Å². The van der Waals surface area contributed by atoms with Gasteiger partial charge in [0.25, 0.3) is 0 Å². The van der Waals surface area contributed by atoms with Gasteiger partial charge in [0.2, 0.25) is 46.4 Å². The van der Waals surface area contributed by atoms with Gasteiger partial charge in [-0.1, -0.05) is 194 Å². The number of hydrogen-bond acceptors (Lipinski definition) is 10. The summed E-state index contributed by atoms with van der Waals surface area (Å²) in [5.41, 5.74) is 7.96. The van der Waals surface area contributed by atoms with Crippen LogP contribution in [0.15, 0.2) is 218 Å². The summed E-state index contributed by atoms with van der Waals surface area (Å²) in [5, 5.41) is 0. The summed E-state index contributed by atoms with van der Waals surface area (Å²) in [4.78, 5) is 85.2. The topological polar surface area (TPSA) is 146 Å². The number of ketones is 4. The molecule has 328 valence electrons. The lowest BCUT2D eigenvalue weighted by molar-refractivity contribution is 0.100. The van der Waals surface area contributed by atoms with Crippen molar-refractivity contribution in [3.05, 3.63) is 276 Å². The quantitative estimate of drug-likeness (QED) is 0.0967. The standard InChI is InChI=1S/C59H38N6O4/c66-52(46-29-13-25-42(33-46)38-17-5-1-6-18-38)56-60-50(61-57(64-56)53(67)47-30-14-26-43(34-47)39-19-7-2-8-20-39)37-51-62-58(54(68)48-31-15-27-44(35-48)40-21-9-3-10-22-40)65-59(63-51)55(69)49-32-16-28-45(36-49)41-23-11-4-12-24-41/h1-36H,37H2. The zero-order chi connectivity index (χ0) is 47.1. The van der Waals surface area contributed by atoms with Crippen molar-refractivity contribution >= 4 is 23.1 Å². The van der Waals surface area contributed by atoms with Crippen molar-refractivity contribution in [2.45, 2.75) is 6.42 Å². The first kappa shape index (κ1) is 43.4. The first-order valence-electron chi connectivity index (χ1n) is 22.1. The lowest BCUT2D eigenvalue weighted by Crippen LogP contribution is -2.20. The third kappa shape index (κ3) is 9.72. The lowest BCUT2D eigenvalue weighted by Gasteiger charge is -2.10. The number of carbonyl (C=O) groups excluding carboxylic acids is 4. The van der Waals surface area contributed by atoms with Gasteiger partial charge < -0.3 is 0 Å². The van der Waals surface area contributed by atoms with E-state index in [-0.39, 0.29) is 63.6 Å². The van der Waals surface area contributed by atoms with Crippen LogP contribution in [0.25, 0.3) is 44.5 Å². The van der Waals surface area contributed by atoms with Gasteiger partial charge in [0.1, 0.15) is 11.6 Å². The van der Waals surface area contributed by atoms with E-state index in [0.717, 1.165) is 44.5 Å². The molecule has 0 saturated carbocycles. The Morgan fingerprint density at radius 3 is 0.696 bits per heavy atom. The van der Waals surface area contributed by atoms with E-state index in [1.165, 1.54) is 0 Å². The lowest BCUT2D eigenvalue weighted by atomic mass is 10.0. The summed E-state index contributed by atoms with van der Waals surface area (Å²) in [6.07, 6.45) is -0.311. The maximum absolute atomic E-state index is 14.5. The van der Waals surface area contributed by atoms with Crippen LogP contribution in [0.2, 0.25) is 0 Å². The summed E-state index contributed by atoms with van der Waals surface area (Å²) < 4.78 is 0. The van der Waals surface area contributed by atoms with Crippen LogP contribution < -0.4 is 0 Å². The highest BCUT2D eigenvalue weighted by Crippen LogP contribution is 2.26. The van der Waals surface area contributed by atoms with Crippen LogP contribution in [-0.4, -0.2) is 53.0 Å². The average molecular weight is 895 g/mol. The molecule has 0 aliphatic carbocycles. The van der Waals surface area contributed by atoms with Crippen LogP contribution in [0.3, 0.4) is 0 Å². The fraction of sp³-hybridized carbons (Fsp3) is 0.0169. The van der Waals surface area contributed by atoms with E-state index in [4.69, 9.17) is 0 Å². The minimum Gasteiger partial charge on any atom is -0.285 e. The molecule has 10 nitrogen and oxygen atoms in total. The number of carbonyl (C=O) groups is 4. The van der Waals surface area contributed by atoms with Gasteiger partial charge in [0.05, 0.1) is 6.42 Å². The molecule has 8 aromatic carbocycles. The molecule has 0 aliphatic rings. The second-order valence-electron chi connectivity index (χ2n) is 16.1. The SMILES string of the molecule is O=C(c1cccc(-c2ccccc2)c1)c1nc(Cc2nc(C(=O)c3cccc(-c4ccccc4)c3)nc(C(=O)c3cccc(-c4ccccc4)c3)n2)nc(C(=O)c2cccc(-c3ccccc3)c2)n1. The summed E-state index contributed by atoms with van der Waals surface area (Å²) in [5.74, 6) is -3.45. The molecule has 0 fully saturated rings. The third-order valence-electron chi connectivity index (χ3n) is 11.4. The van der Waals surface area contributed by atoms with Gasteiger partial charge in [-0.25, -0.2) is 29.9 Å². The number of rotatable bonds is 14. The zero-order valence-corrected chi connectivity index (χ0v) is 36.8. The van der Waals surface area contributed by atoms with Gasteiger partial charge >= 0.3 is 0 Å². The summed E-state index contributed by atoms with van der Waals surface area (Å²) in [6, 6.07) is 66.8. The molecule has 0 radical (unpaired) electrons. The Bertz CT molecular complexity index is 3090. The first-order chi connectivity index (χ1) is 33.8. The van der Waals surface area contributed by atoms with Crippen molar-refractivity contribution in [1.82, 2.24) is 29.9 Å². The van der Waals surface area contributed by atoms with Gasteiger partial charge in [-0.2, -0.15) is 0 Å². The first-order valence-corrected chi connectivity index (χ1v) is 22.1. The van der Waals surface area contributed by atoms with Gasteiger partial charge in [0, 0.05) is 22.3 Å². The summed E-state index contributed by atoms with van der Waals surface area (Å²) in [6.45, 7) is 0. The highest BCUT2D eigenvalue weighted by Gasteiger charge is 2.25. The molecule has 10 heteroatoms. The van der Waals surface area contributed by atoms with E-state index < -0.39 is 23.1 Å². The van der Waals surface area contributed by atoms with Gasteiger partial charge in [-0.15, -0.1) is 0 Å². The van der Waals surface area contributed by atoms with Crippen molar-refractivity contribution in [2.24, 2.45) is 0 Å². The van der Waals surface area contributed by atoms with Crippen molar-refractivity contribution < 1.29 is 19.2 Å². The van der Waals surface area contributed by atoms with Gasteiger partial charge in [0.15, 0.2) is 0 Å². The molecule has 69 heavy (non-hydrogen) atoms. The highest BCUT2D eigenvalue weighted by atomic mass is 16.1. The molecule has 10 aromatic rings. The molecule has 0 bridgehead atoms. The molecule has 0 aliphatic heterocycles. The van der Waals surface area contributed by atoms with E-state index in [9.17, 15) is 19.2 Å². The fourth-order valence-corrected chi connectivity index (χ4v) is 7.94. The maximum Gasteiger partial charge on any atom is 0.230 e. The Labute approximate surface area is 397 Å². The van der Waals surface area contributed by atoms with Crippen LogP contribution in [0.5, 0.6) is 0 Å². The minimum atomic E-state index is -0.553. The molecule has 0 amide bonds. The Balaban J connectivity index is 1.07. The molecular formula is C59H38N6O4. The smallest absolute Gasteiger partial charge is 0.230 e. The van der Waals surface area contributed by atoms with Crippen LogP contribution in [0, 0.1) is 0 Å². The number of benzene rings is 8. The summed E-state index contributed by atoms with van der Waals surface area (Å²) in [7, 11) is 0. The minimum absolute atomic E-state index is 0.0460. The fourth-order valence-electron chi connectivity index (χ4n) is 7.94. The van der Waals surface area contributed by atoms with E-state index >= 15 is 0 Å². The molecule has 0 unspecified atom stereocenters. The van der Waals surface area contributed by atoms with Crippen molar-refractivity contribution in [1.29, 1.82) is 0 Å². The van der Waals surface area contributed by atoms with Gasteiger partial charge in [-0.05, 0) is 68.8 Å². The zero-order valence-electron chi connectivity index (χ0n) is 36.8. The number of hydrogen-bond donors (Lipinski definition) is 0.